The van der Waals surface area contributed by atoms with E-state index in [-0.39, 0.29) is 12.1 Å². The van der Waals surface area contributed by atoms with E-state index >= 15 is 0 Å². The van der Waals surface area contributed by atoms with E-state index in [9.17, 15) is 20.2 Å². The molecule has 0 aliphatic rings. The minimum absolute atomic E-state index is 0.0554. The van der Waals surface area contributed by atoms with Crippen LogP contribution in [0, 0.1) is 5.21 Å². The highest BCUT2D eigenvalue weighted by molar-refractivity contribution is 5.74. The number of carbonyl (C=O) groups excluding carboxylic acids is 1. The van der Waals surface area contributed by atoms with E-state index in [1.54, 1.807) is 0 Å². The summed E-state index contributed by atoms with van der Waals surface area (Å²) in [6, 6.07) is 3.81. The maximum atomic E-state index is 10.9. The molecule has 0 heterocycles. The zero-order valence-electron chi connectivity index (χ0n) is 9.08. The van der Waals surface area contributed by atoms with E-state index < -0.39 is 23.0 Å². The van der Waals surface area contributed by atoms with Gasteiger partial charge in [0.05, 0.1) is 7.11 Å². The first-order valence-electron chi connectivity index (χ1n) is 4.76. The molecule has 0 spiro atoms. The number of phenols is 1. The van der Waals surface area contributed by atoms with Crippen LogP contribution in [0.1, 0.15) is 5.56 Å². The second-order valence-electron chi connectivity index (χ2n) is 3.40. The summed E-state index contributed by atoms with van der Waals surface area (Å²) >= 11 is 0. The summed E-state index contributed by atoms with van der Waals surface area (Å²) in [5, 5.41) is 36.8. The van der Waals surface area contributed by atoms with Crippen molar-refractivity contribution >= 4 is 11.7 Å². The fourth-order valence-corrected chi connectivity index (χ4v) is 1.33. The summed E-state index contributed by atoms with van der Waals surface area (Å²) in [4.78, 5) is 10.9. The maximum Gasteiger partial charge on any atom is 0.335 e. The monoisotopic (exact) mass is 243 g/mol. The molecule has 2 unspecified atom stereocenters. The van der Waals surface area contributed by atoms with Crippen LogP contribution >= 0.6 is 0 Å². The number of hydrogen-bond donors (Lipinski definition) is 4. The first-order chi connectivity index (χ1) is 7.95. The standard InChI is InChI=1S/C10H13NO6/c1-17-10(14)9(13)5-6-2-3-7(11(15)16)8(12)4-6/h2-4,9,11-13,15H,5H2,1H3. The Morgan fingerprint density at radius 3 is 2.71 bits per heavy atom. The number of phenolic OH excluding ortho intramolecular Hbond substituents is 1. The quantitative estimate of drug-likeness (QED) is 0.302. The minimum Gasteiger partial charge on any atom is -0.595 e. The van der Waals surface area contributed by atoms with Crippen molar-refractivity contribution in [2.24, 2.45) is 0 Å². The van der Waals surface area contributed by atoms with E-state index in [4.69, 9.17) is 5.21 Å². The molecular weight excluding hydrogens is 230 g/mol. The molecule has 0 amide bonds. The van der Waals surface area contributed by atoms with E-state index in [1.807, 2.05) is 0 Å². The molecule has 94 valence electrons. The lowest BCUT2D eigenvalue weighted by Crippen LogP contribution is -2.99. The van der Waals surface area contributed by atoms with E-state index in [0.29, 0.717) is 5.56 Å². The Hall–Kier alpha value is -1.67. The van der Waals surface area contributed by atoms with Crippen LogP contribution in [0.25, 0.3) is 0 Å². The highest BCUT2D eigenvalue weighted by Gasteiger charge is 2.17. The molecule has 0 aliphatic heterocycles. The molecule has 7 nitrogen and oxygen atoms in total. The Morgan fingerprint density at radius 1 is 1.59 bits per heavy atom. The normalized spacial score (nSPS) is 14.1. The molecule has 0 aliphatic carbocycles. The number of rotatable bonds is 4. The fourth-order valence-electron chi connectivity index (χ4n) is 1.33. The number of esters is 1. The second-order valence-corrected chi connectivity index (χ2v) is 3.40. The van der Waals surface area contributed by atoms with Crippen molar-refractivity contribution in [3.8, 4) is 5.75 Å². The number of aliphatic hydroxyl groups excluding tert-OH is 1. The van der Waals surface area contributed by atoms with Crippen LogP contribution in [0.5, 0.6) is 5.75 Å². The third-order valence-electron chi connectivity index (χ3n) is 2.19. The Morgan fingerprint density at radius 2 is 2.24 bits per heavy atom. The van der Waals surface area contributed by atoms with Crippen LogP contribution in [-0.4, -0.2) is 34.6 Å². The summed E-state index contributed by atoms with van der Waals surface area (Å²) in [6.07, 6.45) is -1.39. The SMILES string of the molecule is COC(=O)C(O)Cc1ccc([NH+]([O-])O)c(O)c1. The van der Waals surface area contributed by atoms with Crippen LogP contribution in [0.15, 0.2) is 18.2 Å². The largest absolute Gasteiger partial charge is 0.595 e. The van der Waals surface area contributed by atoms with Crippen molar-refractivity contribution in [2.45, 2.75) is 12.5 Å². The van der Waals surface area contributed by atoms with Crippen LogP contribution in [0.4, 0.5) is 5.69 Å². The summed E-state index contributed by atoms with van der Waals surface area (Å²) < 4.78 is 4.33. The van der Waals surface area contributed by atoms with Gasteiger partial charge in [-0.05, 0) is 11.6 Å². The highest BCUT2D eigenvalue weighted by Crippen LogP contribution is 2.21. The molecule has 0 aromatic heterocycles. The average molecular weight is 243 g/mol. The van der Waals surface area contributed by atoms with Crippen molar-refractivity contribution in [1.82, 2.24) is 0 Å². The van der Waals surface area contributed by atoms with Crippen LogP contribution in [0.2, 0.25) is 0 Å². The lowest BCUT2D eigenvalue weighted by Gasteiger charge is -2.14. The topological polar surface area (TPSA) is 114 Å². The summed E-state index contributed by atoms with van der Waals surface area (Å²) in [7, 11) is 1.15. The number of hydrogen-bond acceptors (Lipinski definition) is 6. The first-order valence-corrected chi connectivity index (χ1v) is 4.76. The van der Waals surface area contributed by atoms with Gasteiger partial charge in [0.15, 0.2) is 11.9 Å². The zero-order valence-corrected chi connectivity index (χ0v) is 9.08. The molecule has 0 saturated carbocycles. The van der Waals surface area contributed by atoms with Gasteiger partial charge in [-0.1, -0.05) is 6.07 Å². The molecule has 1 rings (SSSR count). The summed E-state index contributed by atoms with van der Waals surface area (Å²) in [6.45, 7) is 0. The average Bonchev–Trinajstić information content (AvgIpc) is 2.27. The van der Waals surface area contributed by atoms with Crippen LogP contribution in [-0.2, 0) is 16.0 Å². The summed E-state index contributed by atoms with van der Waals surface area (Å²) in [5.41, 5.74) is 0.201. The second kappa shape index (κ2) is 5.60. The molecule has 0 fully saturated rings. The third-order valence-corrected chi connectivity index (χ3v) is 2.19. The molecule has 1 aromatic carbocycles. The zero-order chi connectivity index (χ0) is 13.0. The van der Waals surface area contributed by atoms with Gasteiger partial charge >= 0.3 is 5.97 Å². The van der Waals surface area contributed by atoms with Crippen molar-refractivity contribution in [1.29, 1.82) is 0 Å². The number of aromatic hydroxyl groups is 1. The number of benzene rings is 1. The molecule has 2 atom stereocenters. The molecule has 0 bridgehead atoms. The van der Waals surface area contributed by atoms with Gasteiger partial charge in [0.1, 0.15) is 0 Å². The molecule has 0 saturated heterocycles. The van der Waals surface area contributed by atoms with Crippen molar-refractivity contribution in [3.05, 3.63) is 29.0 Å². The number of nitrogens with one attached hydrogen (secondary N) is 1. The van der Waals surface area contributed by atoms with E-state index in [0.717, 1.165) is 7.11 Å². The number of carbonyl (C=O) groups is 1. The molecule has 0 radical (unpaired) electrons. The highest BCUT2D eigenvalue weighted by atomic mass is 16.8. The number of quaternary nitrogens is 1. The van der Waals surface area contributed by atoms with Crippen molar-refractivity contribution in [3.63, 3.8) is 0 Å². The minimum atomic E-state index is -1.34. The number of ether oxygens (including phenoxy) is 1. The first kappa shape index (κ1) is 13.4. The maximum absolute atomic E-state index is 10.9. The number of methoxy groups -OCH3 is 1. The van der Waals surface area contributed by atoms with E-state index in [2.05, 4.69) is 4.74 Å². The molecule has 7 heteroatoms. The van der Waals surface area contributed by atoms with E-state index in [1.165, 1.54) is 18.2 Å². The molecule has 17 heavy (non-hydrogen) atoms. The Kier molecular flexibility index (Phi) is 4.41. The van der Waals surface area contributed by atoms with Crippen LogP contribution in [0.3, 0.4) is 0 Å². The van der Waals surface area contributed by atoms with Gasteiger partial charge in [-0.2, -0.15) is 5.23 Å². The van der Waals surface area contributed by atoms with Crippen molar-refractivity contribution in [2.75, 3.05) is 7.11 Å². The van der Waals surface area contributed by atoms with Gasteiger partial charge in [-0.15, -0.1) is 0 Å². The van der Waals surface area contributed by atoms with Gasteiger partial charge in [0, 0.05) is 12.5 Å². The predicted molar refractivity (Wildman–Crippen MR) is 55.6 cm³/mol. The predicted octanol–water partition coefficient (Wildman–Crippen LogP) is -1.13. The van der Waals surface area contributed by atoms with Gasteiger partial charge < -0.3 is 20.2 Å². The summed E-state index contributed by atoms with van der Waals surface area (Å²) in [5.74, 6) is -1.20. The van der Waals surface area contributed by atoms with Gasteiger partial charge in [0.2, 0.25) is 5.69 Å². The lowest BCUT2D eigenvalue weighted by atomic mass is 10.1. The molecular formula is C10H13NO6. The fraction of sp³-hybridized carbons (Fsp3) is 0.300. The molecule has 4 N–H and O–H groups in total. The lowest BCUT2D eigenvalue weighted by molar-refractivity contribution is -0.991. The van der Waals surface area contributed by atoms with Gasteiger partial charge in [0.25, 0.3) is 0 Å². The third kappa shape index (κ3) is 3.40. The number of aliphatic hydroxyl groups is 1. The van der Waals surface area contributed by atoms with Crippen molar-refractivity contribution < 1.29 is 30.2 Å². The molecule has 1 aromatic rings. The smallest absolute Gasteiger partial charge is 0.335 e. The van der Waals surface area contributed by atoms with Gasteiger partial charge in [-0.3, -0.25) is 0 Å². The Bertz CT molecular complexity index is 406. The van der Waals surface area contributed by atoms with Gasteiger partial charge in [-0.25, -0.2) is 10.0 Å². The van der Waals surface area contributed by atoms with Crippen LogP contribution < -0.4 is 5.23 Å². The Labute approximate surface area is 97.0 Å². The Balaban J connectivity index is 2.81.